The molecule has 0 fully saturated rings. The van der Waals surface area contributed by atoms with Crippen molar-refractivity contribution < 1.29 is 67.1 Å². The van der Waals surface area contributed by atoms with E-state index in [1.165, 1.54) is 10.7 Å². The molecule has 12 heteroatoms. The molecule has 0 saturated heterocycles. The summed E-state index contributed by atoms with van der Waals surface area (Å²) in [4.78, 5) is 0. The predicted octanol–water partition coefficient (Wildman–Crippen LogP) is 8.66. The average Bonchev–Trinajstić information content (AvgIpc) is 3.44. The van der Waals surface area contributed by atoms with Crippen LogP contribution in [0.3, 0.4) is 0 Å². The summed E-state index contributed by atoms with van der Waals surface area (Å²) in [6.07, 6.45) is 0. The van der Waals surface area contributed by atoms with E-state index in [1.807, 2.05) is 0 Å². The molecule has 0 N–H and O–H groups in total. The molecule has 3 rings (SSSR count). The summed E-state index contributed by atoms with van der Waals surface area (Å²) in [5.74, 6) is 2.90. The van der Waals surface area contributed by atoms with Crippen molar-refractivity contribution in [1.29, 1.82) is 0 Å². The summed E-state index contributed by atoms with van der Waals surface area (Å²) in [5, 5.41) is 25.1. The topological polar surface area (TPSA) is 81.0 Å². The normalized spacial score (nSPS) is 10.7. The smallest absolute Gasteiger partial charge is 0.578 e. The Hall–Kier alpha value is 2.04. The number of rotatable bonds is 6. The van der Waals surface area contributed by atoms with Crippen LogP contribution in [-0.2, 0) is 67.1 Å². The molecular formula is C27H42Ag3I3N6. The van der Waals surface area contributed by atoms with E-state index in [-0.39, 0.29) is 67.1 Å². The molecule has 0 atom stereocenters. The first-order valence-corrected chi connectivity index (χ1v) is 15.9. The minimum absolute atomic E-state index is 0. The van der Waals surface area contributed by atoms with Gasteiger partial charge in [0.2, 0.25) is 0 Å². The molecule has 3 aromatic rings. The third-order valence-electron chi connectivity index (χ3n) is 5.43. The summed E-state index contributed by atoms with van der Waals surface area (Å²) < 4.78 is 3.74. The maximum atomic E-state index is 4.18. The zero-order valence-electron chi connectivity index (χ0n) is 24.7. The van der Waals surface area contributed by atoms with Gasteiger partial charge in [-0.15, -0.1) is 17.1 Å². The van der Waals surface area contributed by atoms with Crippen LogP contribution in [-0.4, -0.2) is 15.3 Å². The van der Waals surface area contributed by atoms with Gasteiger partial charge in [0.25, 0.3) is 0 Å². The largest absolute Gasteiger partial charge is 1.00 e. The Bertz CT molecular complexity index is 863. The minimum Gasteiger partial charge on any atom is -0.578 e. The van der Waals surface area contributed by atoms with E-state index in [0.29, 0.717) is 35.5 Å². The zero-order valence-corrected chi connectivity index (χ0v) is 35.6. The first kappa shape index (κ1) is 45.5. The second-order valence-corrected chi connectivity index (χ2v) is 14.0. The van der Waals surface area contributed by atoms with Gasteiger partial charge in [-0.1, -0.05) is 83.1 Å². The fraction of sp³-hybridized carbons (Fsp3) is 0.667. The molecule has 0 aliphatic rings. The summed E-state index contributed by atoms with van der Waals surface area (Å²) in [6, 6.07) is 0. The quantitative estimate of drug-likeness (QED) is 0.182. The number of nitrogens with zero attached hydrogens (tertiary/aromatic N) is 6. The van der Waals surface area contributed by atoms with Crippen LogP contribution in [0.25, 0.3) is 0 Å². The van der Waals surface area contributed by atoms with Crippen LogP contribution in [0, 0.1) is 10.7 Å². The van der Waals surface area contributed by atoms with Gasteiger partial charge in [-0.3, -0.25) is 0 Å². The Balaban J connectivity index is -0.000000480. The van der Waals surface area contributed by atoms with E-state index >= 15 is 0 Å². The van der Waals surface area contributed by atoms with Crippen molar-refractivity contribution in [3.63, 3.8) is 0 Å². The average molecular weight is 1150 g/mol. The van der Waals surface area contributed by atoms with Crippen LogP contribution in [0.1, 0.15) is 153 Å². The van der Waals surface area contributed by atoms with Crippen LogP contribution < -0.4 is 15.3 Å². The molecule has 0 radical (unpaired) electrons. The van der Waals surface area contributed by atoms with E-state index in [4.69, 9.17) is 0 Å². The van der Waals surface area contributed by atoms with Crippen LogP contribution in [0.5, 0.6) is 0 Å². The van der Waals surface area contributed by atoms with Gasteiger partial charge in [0.05, 0.1) is 0 Å². The van der Waals surface area contributed by atoms with Gasteiger partial charge in [-0.05, 0) is 103 Å². The Morgan fingerprint density at radius 1 is 0.385 bits per heavy atom. The SMILES string of the molecule is CC(C)c1n[n-]c(C(C)C)c1I.CC(C)c1n[n-]c(C(C)C)c1I.CC(C)c1n[n-]c(C(C)C)c1I.[Ag+].[Ag+].[Ag+]. The first-order chi connectivity index (χ1) is 16.6. The fourth-order valence-corrected chi connectivity index (χ4v) is 7.58. The molecule has 0 saturated carbocycles. The molecule has 3 heterocycles. The van der Waals surface area contributed by atoms with Crippen molar-refractivity contribution in [3.05, 3.63) is 44.9 Å². The molecule has 0 amide bonds. The molecule has 0 aliphatic carbocycles. The summed E-state index contributed by atoms with van der Waals surface area (Å²) in [5.41, 5.74) is 6.83. The number of halogens is 3. The van der Waals surface area contributed by atoms with E-state index in [9.17, 15) is 0 Å². The van der Waals surface area contributed by atoms with Crippen molar-refractivity contribution in [2.24, 2.45) is 0 Å². The van der Waals surface area contributed by atoms with E-state index < -0.39 is 0 Å². The molecule has 0 aliphatic heterocycles. The standard InChI is InChI=1S/3C9H14IN2.3Ag/c3*1-5(2)8-7(10)9(6(3)4)12-11-8;;;/h3*5-6H,1-4H3;;;/q3*-1;3*+1. The molecule has 6 nitrogen and oxygen atoms in total. The van der Waals surface area contributed by atoms with Crippen LogP contribution in [0.2, 0.25) is 0 Å². The Morgan fingerprint density at radius 2 is 0.564 bits per heavy atom. The second-order valence-electron chi connectivity index (χ2n) is 10.8. The number of aromatic nitrogens is 6. The van der Waals surface area contributed by atoms with Crippen LogP contribution in [0.4, 0.5) is 0 Å². The minimum atomic E-state index is 0. The molecular weight excluding hydrogens is 1110 g/mol. The number of hydrogen-bond acceptors (Lipinski definition) is 3. The predicted molar refractivity (Wildman–Crippen MR) is 175 cm³/mol. The van der Waals surface area contributed by atoms with Crippen molar-refractivity contribution in [1.82, 2.24) is 30.6 Å². The third-order valence-corrected chi connectivity index (χ3v) is 8.74. The maximum absolute atomic E-state index is 4.18. The Morgan fingerprint density at radius 3 is 0.641 bits per heavy atom. The van der Waals surface area contributed by atoms with Crippen LogP contribution >= 0.6 is 67.8 Å². The van der Waals surface area contributed by atoms with Gasteiger partial charge in [-0.2, -0.15) is 0 Å². The summed E-state index contributed by atoms with van der Waals surface area (Å²) in [6.45, 7) is 25.8. The first-order valence-electron chi connectivity index (χ1n) is 12.7. The molecule has 0 aromatic carbocycles. The van der Waals surface area contributed by atoms with Gasteiger partial charge < -0.3 is 30.6 Å². The second kappa shape index (κ2) is 21.7. The Kier molecular flexibility index (Phi) is 25.3. The van der Waals surface area contributed by atoms with Gasteiger partial charge >= 0.3 is 67.1 Å². The van der Waals surface area contributed by atoms with E-state index in [0.717, 1.165) is 34.2 Å². The number of hydrogen-bond donors (Lipinski definition) is 0. The molecule has 39 heavy (non-hydrogen) atoms. The molecule has 3 aromatic heterocycles. The maximum Gasteiger partial charge on any atom is 1.00 e. The van der Waals surface area contributed by atoms with Crippen molar-refractivity contribution >= 4 is 67.8 Å². The fourth-order valence-electron chi connectivity index (χ4n) is 3.19. The van der Waals surface area contributed by atoms with Crippen molar-refractivity contribution in [2.45, 2.75) is 119 Å². The van der Waals surface area contributed by atoms with Gasteiger partial charge in [-0.25, -0.2) is 0 Å². The van der Waals surface area contributed by atoms with E-state index in [2.05, 4.69) is 181 Å². The van der Waals surface area contributed by atoms with E-state index in [1.54, 1.807) is 0 Å². The summed E-state index contributed by atoms with van der Waals surface area (Å²) >= 11 is 7.02. The van der Waals surface area contributed by atoms with Crippen molar-refractivity contribution in [2.75, 3.05) is 0 Å². The summed E-state index contributed by atoms with van der Waals surface area (Å²) in [7, 11) is 0. The Labute approximate surface area is 324 Å². The van der Waals surface area contributed by atoms with Crippen molar-refractivity contribution in [3.8, 4) is 0 Å². The van der Waals surface area contributed by atoms with Gasteiger partial charge in [0.1, 0.15) is 0 Å². The molecule has 0 spiro atoms. The molecule has 0 unspecified atom stereocenters. The molecule has 234 valence electrons. The molecule has 0 bridgehead atoms. The van der Waals surface area contributed by atoms with Crippen LogP contribution in [0.15, 0.2) is 0 Å². The van der Waals surface area contributed by atoms with Gasteiger partial charge in [0, 0.05) is 27.8 Å². The third kappa shape index (κ3) is 13.7. The van der Waals surface area contributed by atoms with Gasteiger partial charge in [0.15, 0.2) is 0 Å². The monoisotopic (exact) mass is 1150 g/mol. The zero-order chi connectivity index (χ0) is 27.9.